The molecule has 6 heteroatoms. The summed E-state index contributed by atoms with van der Waals surface area (Å²) in [4.78, 5) is 0. The Bertz CT molecular complexity index is 3780. The van der Waals surface area contributed by atoms with Crippen LogP contribution in [0, 0.1) is 22.7 Å². The van der Waals surface area contributed by atoms with Crippen LogP contribution >= 0.6 is 0 Å². The van der Waals surface area contributed by atoms with Gasteiger partial charge < -0.3 is 19.4 Å². The van der Waals surface area contributed by atoms with Gasteiger partial charge in [-0.25, -0.2) is 0 Å². The number of hydrogen-bond donors (Lipinski definition) is 1. The Balaban J connectivity index is 1.36. The summed E-state index contributed by atoms with van der Waals surface area (Å²) in [6.45, 7) is 0. The van der Waals surface area contributed by atoms with Crippen LogP contribution in [0.15, 0.2) is 194 Å². The molecule has 0 unspecified atom stereocenters. The van der Waals surface area contributed by atoms with Crippen LogP contribution in [0.25, 0.3) is 93.6 Å². The predicted octanol–water partition coefficient (Wildman–Crippen LogP) is 13.6. The van der Waals surface area contributed by atoms with Crippen molar-refractivity contribution >= 4 is 71.1 Å². The number of para-hydroxylation sites is 7. The third-order valence-corrected chi connectivity index (χ3v) is 12.8. The van der Waals surface area contributed by atoms with Crippen molar-refractivity contribution in [2.75, 3.05) is 5.73 Å². The molecule has 0 saturated carbocycles. The average Bonchev–Trinajstić information content (AvgIpc) is 3.97. The van der Waals surface area contributed by atoms with Crippen LogP contribution in [0.1, 0.15) is 22.3 Å². The molecule has 0 bridgehead atoms. The first-order valence-corrected chi connectivity index (χ1v) is 21.1. The number of nitriles is 2. The van der Waals surface area contributed by atoms with Gasteiger partial charge in [-0.2, -0.15) is 10.5 Å². The van der Waals surface area contributed by atoms with Gasteiger partial charge in [-0.1, -0.05) is 152 Å². The number of rotatable bonds is 6. The van der Waals surface area contributed by atoms with E-state index in [-0.39, 0.29) is 0 Å². The van der Waals surface area contributed by atoms with Gasteiger partial charge in [0.2, 0.25) is 0 Å². The fourth-order valence-corrected chi connectivity index (χ4v) is 10.2. The van der Waals surface area contributed by atoms with E-state index in [1.807, 2.05) is 48.5 Å². The molecule has 0 aliphatic rings. The van der Waals surface area contributed by atoms with E-state index in [4.69, 9.17) is 5.73 Å². The molecule has 12 rings (SSSR count). The molecule has 3 heterocycles. The summed E-state index contributed by atoms with van der Waals surface area (Å²) in [7, 11) is 0. The summed E-state index contributed by atoms with van der Waals surface area (Å²) < 4.78 is 6.72. The zero-order valence-electron chi connectivity index (χ0n) is 34.0. The van der Waals surface area contributed by atoms with Crippen LogP contribution in [-0.4, -0.2) is 13.7 Å². The Kier molecular flexibility index (Phi) is 8.09. The normalized spacial score (nSPS) is 11.6. The van der Waals surface area contributed by atoms with Crippen molar-refractivity contribution in [1.82, 2.24) is 13.7 Å². The van der Waals surface area contributed by atoms with Crippen molar-refractivity contribution in [3.8, 4) is 40.3 Å². The molecular formula is C57H36N6. The molecular weight excluding hydrogens is 769 g/mol. The van der Waals surface area contributed by atoms with Crippen molar-refractivity contribution in [2.24, 2.45) is 0 Å². The molecule has 0 fully saturated rings. The first kappa shape index (κ1) is 36.0. The van der Waals surface area contributed by atoms with E-state index >= 15 is 0 Å². The van der Waals surface area contributed by atoms with Gasteiger partial charge in [0, 0.05) is 55.6 Å². The largest absolute Gasteiger partial charge is 0.398 e. The fourth-order valence-electron chi connectivity index (χ4n) is 10.2. The van der Waals surface area contributed by atoms with Gasteiger partial charge in [-0.15, -0.1) is 0 Å². The third kappa shape index (κ3) is 5.23. The number of aromatic nitrogens is 3. The molecule has 3 aromatic heterocycles. The molecule has 2 N–H and O–H groups in total. The van der Waals surface area contributed by atoms with Gasteiger partial charge in [0.25, 0.3) is 0 Å². The van der Waals surface area contributed by atoms with Crippen LogP contribution < -0.4 is 5.73 Å². The first-order chi connectivity index (χ1) is 31.2. The molecule has 6 nitrogen and oxygen atoms in total. The van der Waals surface area contributed by atoms with E-state index in [0.29, 0.717) is 34.6 Å². The highest BCUT2D eigenvalue weighted by molar-refractivity contribution is 6.13. The molecule has 0 saturated heterocycles. The van der Waals surface area contributed by atoms with E-state index in [2.05, 4.69) is 171 Å². The minimum absolute atomic E-state index is 0.351. The second-order valence-electron chi connectivity index (χ2n) is 16.0. The number of hydrogen-bond acceptors (Lipinski definition) is 3. The van der Waals surface area contributed by atoms with Crippen molar-refractivity contribution in [3.05, 3.63) is 216 Å². The maximum atomic E-state index is 12.0. The summed E-state index contributed by atoms with van der Waals surface area (Å²) in [5.41, 5.74) is 19.6. The van der Waals surface area contributed by atoms with E-state index in [9.17, 15) is 10.5 Å². The zero-order valence-corrected chi connectivity index (χ0v) is 34.0. The van der Waals surface area contributed by atoms with Crippen LogP contribution in [0.5, 0.6) is 0 Å². The Labute approximate surface area is 362 Å². The van der Waals surface area contributed by atoms with Crippen molar-refractivity contribution in [2.45, 2.75) is 6.42 Å². The molecule has 0 amide bonds. The average molecular weight is 805 g/mol. The van der Waals surface area contributed by atoms with Crippen LogP contribution in [0.3, 0.4) is 0 Å². The standard InChI is InChI=1S/C57H36N6/c58-34-46-45(33-36-17-1-2-18-37(36)38-19-3-10-26-48(38)60)56(62-51-29-13-6-22-41(51)42-23-7-14-30-52(42)62)57(63-53-31-15-8-24-43(53)44-25-9-16-32-54(44)63)47(35-59)55(46)61-49-27-11-4-20-39(49)40-21-5-12-28-50(40)61/h1-32H,33,60H2. The molecule has 294 valence electrons. The summed E-state index contributed by atoms with van der Waals surface area (Å²) in [6, 6.07) is 72.1. The number of nitrogen functional groups attached to an aromatic ring is 1. The molecule has 0 aliphatic heterocycles. The number of benzene rings is 9. The lowest BCUT2D eigenvalue weighted by Gasteiger charge is -2.26. The number of nitrogens with two attached hydrogens (primary N) is 1. The van der Waals surface area contributed by atoms with Crippen LogP contribution in [0.4, 0.5) is 5.69 Å². The SMILES string of the molecule is N#Cc1c(Cc2ccccc2-c2ccccc2N)c(-n2c3ccccc3c3ccccc32)c(-n2c3ccccc3c3ccccc32)c(C#N)c1-n1c2ccccc2c2ccccc21. The highest BCUT2D eigenvalue weighted by Gasteiger charge is 2.32. The quantitative estimate of drug-likeness (QED) is 0.170. The molecule has 0 radical (unpaired) electrons. The zero-order chi connectivity index (χ0) is 42.2. The lowest BCUT2D eigenvalue weighted by atomic mass is 9.88. The molecule has 0 atom stereocenters. The minimum Gasteiger partial charge on any atom is -0.398 e. The van der Waals surface area contributed by atoms with Crippen molar-refractivity contribution < 1.29 is 0 Å². The second-order valence-corrected chi connectivity index (χ2v) is 16.0. The Morgan fingerprint density at radius 3 is 1.10 bits per heavy atom. The van der Waals surface area contributed by atoms with Gasteiger partial charge in [0.1, 0.15) is 17.7 Å². The maximum Gasteiger partial charge on any atom is 0.104 e. The van der Waals surface area contributed by atoms with Gasteiger partial charge in [-0.05, 0) is 53.6 Å². The summed E-state index contributed by atoms with van der Waals surface area (Å²) in [6.07, 6.45) is 0.351. The maximum absolute atomic E-state index is 12.0. The van der Waals surface area contributed by atoms with Gasteiger partial charge in [0.05, 0.1) is 55.7 Å². The topological polar surface area (TPSA) is 88.4 Å². The Morgan fingerprint density at radius 1 is 0.349 bits per heavy atom. The summed E-state index contributed by atoms with van der Waals surface area (Å²) in [5, 5.41) is 30.4. The van der Waals surface area contributed by atoms with Gasteiger partial charge >= 0.3 is 0 Å². The lowest BCUT2D eigenvalue weighted by molar-refractivity contribution is 1.01. The number of fused-ring (bicyclic) bond motifs is 9. The number of nitrogens with zero attached hydrogens (tertiary/aromatic N) is 5. The first-order valence-electron chi connectivity index (χ1n) is 21.1. The van der Waals surface area contributed by atoms with Crippen molar-refractivity contribution in [3.63, 3.8) is 0 Å². The Hall–Kier alpha value is -8.84. The van der Waals surface area contributed by atoms with E-state index in [1.165, 1.54) is 0 Å². The monoisotopic (exact) mass is 804 g/mol. The second kappa shape index (κ2) is 14.1. The van der Waals surface area contributed by atoms with E-state index in [0.717, 1.165) is 93.4 Å². The van der Waals surface area contributed by atoms with Crippen molar-refractivity contribution in [1.29, 1.82) is 10.5 Å². The molecule has 63 heavy (non-hydrogen) atoms. The highest BCUT2D eigenvalue weighted by atomic mass is 15.1. The molecule has 0 spiro atoms. The third-order valence-electron chi connectivity index (χ3n) is 12.8. The molecule has 9 aromatic carbocycles. The molecule has 12 aromatic rings. The number of anilines is 1. The summed E-state index contributed by atoms with van der Waals surface area (Å²) >= 11 is 0. The van der Waals surface area contributed by atoms with E-state index < -0.39 is 0 Å². The van der Waals surface area contributed by atoms with Gasteiger partial charge in [0.15, 0.2) is 0 Å². The summed E-state index contributed by atoms with van der Waals surface area (Å²) in [5.74, 6) is 0. The lowest BCUT2D eigenvalue weighted by Crippen LogP contribution is -2.16. The Morgan fingerprint density at radius 2 is 0.683 bits per heavy atom. The smallest absolute Gasteiger partial charge is 0.104 e. The molecule has 0 aliphatic carbocycles. The predicted molar refractivity (Wildman–Crippen MR) is 258 cm³/mol. The van der Waals surface area contributed by atoms with Gasteiger partial charge in [-0.3, -0.25) is 0 Å². The van der Waals surface area contributed by atoms with E-state index in [1.54, 1.807) is 0 Å². The van der Waals surface area contributed by atoms with Crippen LogP contribution in [0.2, 0.25) is 0 Å². The minimum atomic E-state index is 0.351. The highest BCUT2D eigenvalue weighted by Crippen LogP contribution is 2.47. The fraction of sp³-hybridized carbons (Fsp3) is 0.0175. The van der Waals surface area contributed by atoms with Crippen LogP contribution in [-0.2, 0) is 6.42 Å².